The zero-order chi connectivity index (χ0) is 38.9. The number of nitrogens with one attached hydrogen (secondary N) is 5. The number of piperidine rings is 1. The Balaban J connectivity index is 0.794. The number of carbonyl (C=O) groups excluding carboxylic acids is 6. The predicted octanol–water partition coefficient (Wildman–Crippen LogP) is 3.56. The van der Waals surface area contributed by atoms with Gasteiger partial charge in [-0.25, -0.2) is 4.98 Å². The van der Waals surface area contributed by atoms with E-state index in [0.29, 0.717) is 49.0 Å². The molecule has 3 aliphatic rings. The molecule has 3 aliphatic heterocycles. The standard InChI is InChI=1S/C40H42N10O6/c1-23-5-4-17-48(23)22-33-45-28-11-10-26(20-30(28)46-33)44-37(53)24-9-12-31-25(19-24)21-43-49(31)18-16-42-34(51)8-3-15-41-29-7-2-6-27-36(29)40(56)50(39(27)55)32-13-14-35(52)47-38(32)54/h2,6-7,9-12,19-21,23,32,41H,3-5,8,13-18,22H2,1H3,(H,42,51)(H,44,53)(H,45,46)(H,47,52,54). The highest BCUT2D eigenvalue weighted by atomic mass is 16.2. The van der Waals surface area contributed by atoms with Gasteiger partial charge >= 0.3 is 0 Å². The molecular weight excluding hydrogens is 717 g/mol. The van der Waals surface area contributed by atoms with Crippen molar-refractivity contribution in [3.63, 3.8) is 0 Å². The number of imidazole rings is 1. The topological polar surface area (TPSA) is 204 Å². The van der Waals surface area contributed by atoms with Crippen molar-refractivity contribution in [3.8, 4) is 0 Å². The van der Waals surface area contributed by atoms with Gasteiger partial charge in [-0.3, -0.25) is 48.6 Å². The van der Waals surface area contributed by atoms with E-state index >= 15 is 0 Å². The van der Waals surface area contributed by atoms with E-state index in [2.05, 4.69) is 43.2 Å². The summed E-state index contributed by atoms with van der Waals surface area (Å²) in [5, 5.41) is 16.5. The lowest BCUT2D eigenvalue weighted by Crippen LogP contribution is -2.54. The molecule has 5 aromatic rings. The van der Waals surface area contributed by atoms with Gasteiger partial charge in [-0.05, 0) is 87.7 Å². The van der Waals surface area contributed by atoms with Crippen LogP contribution in [-0.2, 0) is 27.5 Å². The lowest BCUT2D eigenvalue weighted by Gasteiger charge is -2.27. The number of aromatic amines is 1. The molecule has 8 rings (SSSR count). The summed E-state index contributed by atoms with van der Waals surface area (Å²) in [5.41, 5.74) is 4.52. The average molecular weight is 759 g/mol. The van der Waals surface area contributed by atoms with Crippen LogP contribution in [0.1, 0.15) is 82.3 Å². The van der Waals surface area contributed by atoms with E-state index in [1.54, 1.807) is 35.1 Å². The first kappa shape index (κ1) is 36.6. The first-order valence-corrected chi connectivity index (χ1v) is 19.0. The van der Waals surface area contributed by atoms with Gasteiger partial charge in [0.15, 0.2) is 0 Å². The fourth-order valence-corrected chi connectivity index (χ4v) is 7.76. The number of hydrogen-bond acceptors (Lipinski definition) is 10. The quantitative estimate of drug-likeness (QED) is 0.0873. The molecule has 6 amide bonds. The van der Waals surface area contributed by atoms with Crippen LogP contribution in [0.5, 0.6) is 0 Å². The van der Waals surface area contributed by atoms with E-state index in [1.807, 2.05) is 24.3 Å². The second-order valence-corrected chi connectivity index (χ2v) is 14.5. The molecule has 56 heavy (non-hydrogen) atoms. The van der Waals surface area contributed by atoms with E-state index in [1.165, 1.54) is 18.9 Å². The van der Waals surface area contributed by atoms with Gasteiger partial charge in [-0.2, -0.15) is 5.10 Å². The Morgan fingerprint density at radius 1 is 0.982 bits per heavy atom. The molecule has 2 aromatic heterocycles. The molecule has 2 saturated heterocycles. The summed E-state index contributed by atoms with van der Waals surface area (Å²) in [6, 6.07) is 15.4. The Kier molecular flexibility index (Phi) is 10.0. The monoisotopic (exact) mass is 758 g/mol. The number of nitrogens with zero attached hydrogens (tertiary/aromatic N) is 5. The molecule has 0 bridgehead atoms. The van der Waals surface area contributed by atoms with Crippen LogP contribution in [0.25, 0.3) is 21.9 Å². The minimum Gasteiger partial charge on any atom is -0.384 e. The number of anilines is 2. The molecule has 288 valence electrons. The lowest BCUT2D eigenvalue weighted by atomic mass is 10.0. The maximum Gasteiger partial charge on any atom is 0.264 e. The van der Waals surface area contributed by atoms with Gasteiger partial charge in [-0.15, -0.1) is 0 Å². The molecule has 0 radical (unpaired) electrons. The van der Waals surface area contributed by atoms with Crippen LogP contribution in [0, 0.1) is 0 Å². The lowest BCUT2D eigenvalue weighted by molar-refractivity contribution is -0.136. The number of fused-ring (bicyclic) bond motifs is 3. The third-order valence-electron chi connectivity index (χ3n) is 10.7. The minimum atomic E-state index is -1.04. The van der Waals surface area contributed by atoms with Gasteiger partial charge in [0.05, 0.1) is 47.0 Å². The van der Waals surface area contributed by atoms with Crippen molar-refractivity contribution in [2.75, 3.05) is 30.3 Å². The van der Waals surface area contributed by atoms with Crippen molar-refractivity contribution in [2.45, 2.75) is 70.6 Å². The number of aromatic nitrogens is 4. The molecule has 2 unspecified atom stereocenters. The second kappa shape index (κ2) is 15.4. The minimum absolute atomic E-state index is 0.0439. The normalized spacial score (nSPS) is 18.5. The SMILES string of the molecule is CC1CCCN1Cc1nc2cc(NC(=O)c3ccc4c(cnn4CCNC(=O)CCCNc4cccc5c4C(=O)N(C4CCC(=O)NC4=O)C5=O)c3)ccc2[nH]1. The maximum atomic E-state index is 13.3. The third kappa shape index (κ3) is 7.34. The Morgan fingerprint density at radius 3 is 2.68 bits per heavy atom. The molecule has 0 spiro atoms. The van der Waals surface area contributed by atoms with Crippen molar-refractivity contribution in [3.05, 3.63) is 83.3 Å². The van der Waals surface area contributed by atoms with Crippen LogP contribution < -0.4 is 21.3 Å². The number of likely N-dealkylation sites (tertiary alicyclic amines) is 1. The Hall–Kier alpha value is -6.42. The highest BCUT2D eigenvalue weighted by Crippen LogP contribution is 2.32. The molecular formula is C40H42N10O6. The predicted molar refractivity (Wildman–Crippen MR) is 207 cm³/mol. The Bertz CT molecular complexity index is 2400. The number of benzene rings is 3. The molecule has 16 heteroatoms. The third-order valence-corrected chi connectivity index (χ3v) is 10.7. The molecule has 2 fully saturated rings. The molecule has 16 nitrogen and oxygen atoms in total. The van der Waals surface area contributed by atoms with Crippen molar-refractivity contribution >= 4 is 68.8 Å². The Morgan fingerprint density at radius 2 is 1.86 bits per heavy atom. The first-order chi connectivity index (χ1) is 27.1. The van der Waals surface area contributed by atoms with Crippen LogP contribution >= 0.6 is 0 Å². The van der Waals surface area contributed by atoms with Crippen LogP contribution in [-0.4, -0.2) is 96.7 Å². The van der Waals surface area contributed by atoms with Crippen molar-refractivity contribution in [2.24, 2.45) is 0 Å². The van der Waals surface area contributed by atoms with Crippen LogP contribution in [0.3, 0.4) is 0 Å². The fourth-order valence-electron chi connectivity index (χ4n) is 7.76. The van der Waals surface area contributed by atoms with Gasteiger partial charge in [0, 0.05) is 54.3 Å². The summed E-state index contributed by atoms with van der Waals surface area (Å²) in [5.74, 6) is -1.74. The van der Waals surface area contributed by atoms with E-state index in [-0.39, 0.29) is 42.2 Å². The zero-order valence-electron chi connectivity index (χ0n) is 30.9. The van der Waals surface area contributed by atoms with Crippen molar-refractivity contribution in [1.82, 2.24) is 40.2 Å². The molecule has 3 aromatic carbocycles. The number of H-pyrrole nitrogens is 1. The number of imide groups is 2. The highest BCUT2D eigenvalue weighted by molar-refractivity contribution is 6.25. The van der Waals surface area contributed by atoms with E-state index in [0.717, 1.165) is 45.8 Å². The van der Waals surface area contributed by atoms with Gasteiger partial charge < -0.3 is 20.9 Å². The van der Waals surface area contributed by atoms with E-state index in [9.17, 15) is 28.8 Å². The van der Waals surface area contributed by atoms with E-state index in [4.69, 9.17) is 4.98 Å². The Labute approximate surface area is 321 Å². The van der Waals surface area contributed by atoms with Crippen LogP contribution in [0.15, 0.2) is 60.8 Å². The molecule has 5 N–H and O–H groups in total. The van der Waals surface area contributed by atoms with Gasteiger partial charge in [0.2, 0.25) is 17.7 Å². The number of rotatable bonds is 13. The molecule has 5 heterocycles. The summed E-state index contributed by atoms with van der Waals surface area (Å²) in [6.07, 6.45) is 4.91. The second-order valence-electron chi connectivity index (χ2n) is 14.5. The van der Waals surface area contributed by atoms with Crippen molar-refractivity contribution < 1.29 is 28.8 Å². The van der Waals surface area contributed by atoms with Crippen molar-refractivity contribution in [1.29, 1.82) is 0 Å². The fraction of sp³-hybridized carbons (Fsp3) is 0.350. The summed E-state index contributed by atoms with van der Waals surface area (Å²) in [7, 11) is 0. The number of hydrogen-bond donors (Lipinski definition) is 5. The zero-order valence-corrected chi connectivity index (χ0v) is 30.9. The summed E-state index contributed by atoms with van der Waals surface area (Å²) >= 11 is 0. The maximum absolute atomic E-state index is 13.3. The highest BCUT2D eigenvalue weighted by Gasteiger charge is 2.45. The van der Waals surface area contributed by atoms with Crippen LogP contribution in [0.2, 0.25) is 0 Å². The van der Waals surface area contributed by atoms with Gasteiger partial charge in [-0.1, -0.05) is 6.07 Å². The first-order valence-electron chi connectivity index (χ1n) is 19.0. The summed E-state index contributed by atoms with van der Waals surface area (Å²) in [4.78, 5) is 87.7. The molecule has 2 atom stereocenters. The van der Waals surface area contributed by atoms with Gasteiger partial charge in [0.25, 0.3) is 17.7 Å². The van der Waals surface area contributed by atoms with Crippen LogP contribution in [0.4, 0.5) is 11.4 Å². The molecule has 0 aliphatic carbocycles. The summed E-state index contributed by atoms with van der Waals surface area (Å²) < 4.78 is 1.78. The summed E-state index contributed by atoms with van der Waals surface area (Å²) in [6.45, 7) is 5.24. The van der Waals surface area contributed by atoms with Gasteiger partial charge in [0.1, 0.15) is 11.9 Å². The number of carbonyl (C=O) groups is 6. The van der Waals surface area contributed by atoms with E-state index < -0.39 is 29.7 Å². The smallest absolute Gasteiger partial charge is 0.264 e. The largest absolute Gasteiger partial charge is 0.384 e. The number of amides is 6. The molecule has 0 saturated carbocycles. The average Bonchev–Trinajstić information content (AvgIpc) is 3.95.